The van der Waals surface area contributed by atoms with Gasteiger partial charge in [-0.15, -0.1) is 6.58 Å². The normalized spacial score (nSPS) is 27.4. The van der Waals surface area contributed by atoms with E-state index in [0.717, 1.165) is 0 Å². The van der Waals surface area contributed by atoms with E-state index in [-0.39, 0.29) is 29.8 Å². The first-order chi connectivity index (χ1) is 11.7. The number of aliphatic hydroxyl groups is 1. The minimum atomic E-state index is -2.07. The number of rotatable bonds is 7. The summed E-state index contributed by atoms with van der Waals surface area (Å²) >= 11 is 0. The summed E-state index contributed by atoms with van der Waals surface area (Å²) in [7, 11) is -2.07. The van der Waals surface area contributed by atoms with Gasteiger partial charge in [0.05, 0.1) is 30.3 Å². The summed E-state index contributed by atoms with van der Waals surface area (Å²) in [5.74, 6) is -0.236. The number of hydrogen-bond donors (Lipinski definition) is 1. The third-order valence-corrected chi connectivity index (χ3v) is 9.79. The van der Waals surface area contributed by atoms with Gasteiger partial charge in [-0.1, -0.05) is 26.8 Å². The lowest BCUT2D eigenvalue weighted by Crippen LogP contribution is -2.49. The lowest BCUT2D eigenvalue weighted by atomic mass is 9.97. The van der Waals surface area contributed by atoms with Gasteiger partial charge in [0, 0.05) is 6.42 Å². The molecule has 0 unspecified atom stereocenters. The summed E-state index contributed by atoms with van der Waals surface area (Å²) in [5, 5.41) is 10.8. The Morgan fingerprint density at radius 3 is 2.23 bits per heavy atom. The van der Waals surface area contributed by atoms with E-state index in [2.05, 4.69) is 40.4 Å². The molecule has 26 heavy (non-hydrogen) atoms. The topological polar surface area (TPSA) is 65.0 Å². The Bertz CT molecular complexity index is 489. The van der Waals surface area contributed by atoms with E-state index in [4.69, 9.17) is 13.9 Å². The molecule has 0 amide bonds. The molecule has 5 nitrogen and oxygen atoms in total. The molecule has 1 heterocycles. The fourth-order valence-electron chi connectivity index (χ4n) is 2.55. The highest BCUT2D eigenvalue weighted by Crippen LogP contribution is 2.40. The largest absolute Gasteiger partial charge is 0.465 e. The molecule has 1 N–H and O–H groups in total. The van der Waals surface area contributed by atoms with E-state index < -0.39 is 25.9 Å². The molecule has 4 atom stereocenters. The van der Waals surface area contributed by atoms with Crippen LogP contribution in [0.5, 0.6) is 0 Å². The second kappa shape index (κ2) is 8.55. The fraction of sp³-hybridized carbons (Fsp3) is 0.850. The lowest BCUT2D eigenvalue weighted by molar-refractivity contribution is -0.154. The van der Waals surface area contributed by atoms with Crippen LogP contribution < -0.4 is 0 Å². The Hall–Kier alpha value is -0.693. The van der Waals surface area contributed by atoms with Crippen LogP contribution in [0.2, 0.25) is 18.1 Å². The highest BCUT2D eigenvalue weighted by atomic mass is 28.4. The van der Waals surface area contributed by atoms with Gasteiger partial charge in [-0.2, -0.15) is 0 Å². The Morgan fingerprint density at radius 1 is 1.19 bits per heavy atom. The summed E-state index contributed by atoms with van der Waals surface area (Å²) < 4.78 is 17.9. The molecule has 1 fully saturated rings. The van der Waals surface area contributed by atoms with Crippen molar-refractivity contribution >= 4 is 14.3 Å². The SMILES string of the molecule is C=CC[C@H]1O[C@@H](CCOC(=O)C(C)(C)C)[C@@H](O[Si](C)(C)C(C)(C)C)[C@@H]1O. The lowest BCUT2D eigenvalue weighted by Gasteiger charge is -2.40. The van der Waals surface area contributed by atoms with Gasteiger partial charge in [0.15, 0.2) is 8.32 Å². The fourth-order valence-corrected chi connectivity index (χ4v) is 3.88. The highest BCUT2D eigenvalue weighted by Gasteiger charge is 2.49. The van der Waals surface area contributed by atoms with Crippen molar-refractivity contribution < 1.29 is 23.8 Å². The molecule has 6 heteroatoms. The molecule has 0 bridgehead atoms. The second-order valence-electron chi connectivity index (χ2n) is 9.75. The average molecular weight is 387 g/mol. The molecular formula is C20H38O5Si. The van der Waals surface area contributed by atoms with Crippen LogP contribution in [0.3, 0.4) is 0 Å². The maximum atomic E-state index is 12.0. The van der Waals surface area contributed by atoms with Crippen molar-refractivity contribution in [1.82, 2.24) is 0 Å². The van der Waals surface area contributed by atoms with Crippen LogP contribution in [0.1, 0.15) is 54.4 Å². The van der Waals surface area contributed by atoms with Crippen molar-refractivity contribution in [2.75, 3.05) is 6.61 Å². The van der Waals surface area contributed by atoms with Crippen molar-refractivity contribution in [2.24, 2.45) is 5.41 Å². The highest BCUT2D eigenvalue weighted by molar-refractivity contribution is 6.74. The summed E-state index contributed by atoms with van der Waals surface area (Å²) in [4.78, 5) is 12.0. The van der Waals surface area contributed by atoms with Crippen LogP contribution in [0, 0.1) is 5.41 Å². The third-order valence-electron chi connectivity index (χ3n) is 5.32. The second-order valence-corrected chi connectivity index (χ2v) is 14.5. The minimum absolute atomic E-state index is 0.0342. The van der Waals surface area contributed by atoms with E-state index in [9.17, 15) is 9.90 Å². The molecule has 1 rings (SSSR count). The Labute approximate surface area is 160 Å². The number of ether oxygens (including phenoxy) is 2. The molecule has 0 aliphatic carbocycles. The van der Waals surface area contributed by atoms with Gasteiger partial charge in [0.2, 0.25) is 0 Å². The molecular weight excluding hydrogens is 348 g/mol. The first-order valence-corrected chi connectivity index (χ1v) is 12.4. The van der Waals surface area contributed by atoms with E-state index >= 15 is 0 Å². The molecule has 0 aromatic rings. The number of carbonyl (C=O) groups excluding carboxylic acids is 1. The van der Waals surface area contributed by atoms with Crippen LogP contribution in [0.15, 0.2) is 12.7 Å². The predicted molar refractivity (Wildman–Crippen MR) is 107 cm³/mol. The van der Waals surface area contributed by atoms with Gasteiger partial charge in [-0.25, -0.2) is 0 Å². The smallest absolute Gasteiger partial charge is 0.311 e. The van der Waals surface area contributed by atoms with Crippen molar-refractivity contribution in [3.63, 3.8) is 0 Å². The monoisotopic (exact) mass is 386 g/mol. The van der Waals surface area contributed by atoms with E-state index in [1.807, 2.05) is 20.8 Å². The van der Waals surface area contributed by atoms with Crippen LogP contribution >= 0.6 is 0 Å². The van der Waals surface area contributed by atoms with Gasteiger partial charge in [0.25, 0.3) is 0 Å². The van der Waals surface area contributed by atoms with Crippen LogP contribution in [-0.4, -0.2) is 50.4 Å². The van der Waals surface area contributed by atoms with E-state index in [0.29, 0.717) is 12.8 Å². The first-order valence-electron chi connectivity index (χ1n) is 9.50. The molecule has 1 aliphatic heterocycles. The Balaban J connectivity index is 2.82. The minimum Gasteiger partial charge on any atom is -0.465 e. The van der Waals surface area contributed by atoms with Gasteiger partial charge in [-0.05, 0) is 45.3 Å². The summed E-state index contributed by atoms with van der Waals surface area (Å²) in [6, 6.07) is 0. The van der Waals surface area contributed by atoms with Gasteiger partial charge in [0.1, 0.15) is 6.10 Å². The van der Waals surface area contributed by atoms with Crippen molar-refractivity contribution in [3.8, 4) is 0 Å². The number of aliphatic hydroxyl groups excluding tert-OH is 1. The Morgan fingerprint density at radius 2 is 1.77 bits per heavy atom. The molecule has 0 spiro atoms. The quantitative estimate of drug-likeness (QED) is 0.406. The average Bonchev–Trinajstić information content (AvgIpc) is 2.74. The molecule has 1 saturated heterocycles. The van der Waals surface area contributed by atoms with Gasteiger partial charge >= 0.3 is 5.97 Å². The molecule has 152 valence electrons. The number of hydrogen-bond acceptors (Lipinski definition) is 5. The van der Waals surface area contributed by atoms with Crippen molar-refractivity contribution in [3.05, 3.63) is 12.7 Å². The van der Waals surface area contributed by atoms with Gasteiger partial charge < -0.3 is 19.0 Å². The predicted octanol–water partition coefficient (Wildman–Crippen LogP) is 4.06. The molecule has 0 radical (unpaired) electrons. The summed E-state index contributed by atoms with van der Waals surface area (Å²) in [5.41, 5.74) is -0.529. The van der Waals surface area contributed by atoms with E-state index in [1.54, 1.807) is 6.08 Å². The van der Waals surface area contributed by atoms with Crippen LogP contribution in [0.25, 0.3) is 0 Å². The zero-order valence-electron chi connectivity index (χ0n) is 17.8. The van der Waals surface area contributed by atoms with Gasteiger partial charge in [-0.3, -0.25) is 4.79 Å². The summed E-state index contributed by atoms with van der Waals surface area (Å²) in [6.45, 7) is 20.3. The maximum Gasteiger partial charge on any atom is 0.311 e. The van der Waals surface area contributed by atoms with E-state index in [1.165, 1.54) is 0 Å². The molecule has 0 aromatic heterocycles. The third kappa shape index (κ3) is 5.91. The van der Waals surface area contributed by atoms with Crippen LogP contribution in [0.4, 0.5) is 0 Å². The zero-order valence-corrected chi connectivity index (χ0v) is 18.8. The van der Waals surface area contributed by atoms with Crippen molar-refractivity contribution in [1.29, 1.82) is 0 Å². The maximum absolute atomic E-state index is 12.0. The number of carbonyl (C=O) groups is 1. The zero-order chi connectivity index (χ0) is 20.3. The van der Waals surface area contributed by atoms with Crippen LogP contribution in [-0.2, 0) is 18.7 Å². The summed E-state index contributed by atoms with van der Waals surface area (Å²) in [6.07, 6.45) is 1.09. The van der Waals surface area contributed by atoms with Crippen molar-refractivity contribution in [2.45, 2.75) is 96.9 Å². The molecule has 0 aromatic carbocycles. The Kier molecular flexibility index (Phi) is 7.67. The molecule has 1 aliphatic rings. The molecule has 0 saturated carbocycles. The standard InChI is InChI=1S/C20H38O5Si/c1-10-11-14-16(21)17(25-26(8,9)20(5,6)7)15(24-14)12-13-23-18(22)19(2,3)4/h10,14-17,21H,1,11-13H2,2-9H3/t14-,15+,16-,17-/m1/s1. The first kappa shape index (κ1) is 23.3. The number of esters is 1.